The Balaban J connectivity index is 2.28. The standard InChI is InChI=1S/C24H39NO4Si/c1-22(2,3)28-21(27)25-17-20(29-30(7,8)23(4,5)6)16-24(25,18-26)15-14-19-12-10-9-11-13-19/h9-13,18,20H,14-17H2,1-8H3. The second kappa shape index (κ2) is 8.83. The van der Waals surface area contributed by atoms with Crippen LogP contribution in [0.25, 0.3) is 0 Å². The van der Waals surface area contributed by atoms with E-state index in [1.165, 1.54) is 0 Å². The van der Waals surface area contributed by atoms with E-state index >= 15 is 0 Å². The summed E-state index contributed by atoms with van der Waals surface area (Å²) >= 11 is 0. The van der Waals surface area contributed by atoms with Crippen molar-refractivity contribution in [2.45, 2.75) is 96.2 Å². The Morgan fingerprint density at radius 2 is 1.77 bits per heavy atom. The number of benzene rings is 1. The molecular weight excluding hydrogens is 394 g/mol. The first-order valence-corrected chi connectivity index (χ1v) is 13.8. The van der Waals surface area contributed by atoms with Gasteiger partial charge in [0.1, 0.15) is 17.4 Å². The zero-order valence-electron chi connectivity index (χ0n) is 20.0. The van der Waals surface area contributed by atoms with Gasteiger partial charge in [-0.15, -0.1) is 0 Å². The Kier molecular flexibility index (Phi) is 7.24. The molecule has 0 saturated carbocycles. The average molecular weight is 434 g/mol. The summed E-state index contributed by atoms with van der Waals surface area (Å²) in [7, 11) is -2.04. The van der Waals surface area contributed by atoms with Gasteiger partial charge in [-0.2, -0.15) is 0 Å². The van der Waals surface area contributed by atoms with Crippen LogP contribution in [0.1, 0.15) is 59.9 Å². The maximum Gasteiger partial charge on any atom is 0.411 e. The van der Waals surface area contributed by atoms with Gasteiger partial charge in [-0.25, -0.2) is 4.79 Å². The van der Waals surface area contributed by atoms with Crippen molar-refractivity contribution in [1.29, 1.82) is 0 Å². The van der Waals surface area contributed by atoms with Crippen LogP contribution in [0, 0.1) is 0 Å². The van der Waals surface area contributed by atoms with Crippen molar-refractivity contribution in [2.75, 3.05) is 6.54 Å². The molecule has 2 rings (SSSR count). The second-order valence-corrected chi connectivity index (χ2v) is 15.8. The van der Waals surface area contributed by atoms with E-state index in [-0.39, 0.29) is 11.1 Å². The average Bonchev–Trinajstić information content (AvgIpc) is 2.97. The van der Waals surface area contributed by atoms with Crippen LogP contribution in [0.3, 0.4) is 0 Å². The van der Waals surface area contributed by atoms with Gasteiger partial charge < -0.3 is 14.0 Å². The highest BCUT2D eigenvalue weighted by Crippen LogP contribution is 2.41. The lowest BCUT2D eigenvalue weighted by atomic mass is 9.89. The molecule has 0 aliphatic carbocycles. The van der Waals surface area contributed by atoms with Crippen LogP contribution in [-0.4, -0.2) is 49.4 Å². The molecule has 0 aromatic heterocycles. The lowest BCUT2D eigenvalue weighted by molar-refractivity contribution is -0.117. The zero-order valence-corrected chi connectivity index (χ0v) is 21.0. The summed E-state index contributed by atoms with van der Waals surface area (Å²) in [5, 5.41) is 0.0558. The fourth-order valence-electron chi connectivity index (χ4n) is 3.61. The Labute approximate surface area is 183 Å². The molecule has 1 amide bonds. The highest BCUT2D eigenvalue weighted by molar-refractivity contribution is 6.74. The van der Waals surface area contributed by atoms with Crippen molar-refractivity contribution in [3.8, 4) is 0 Å². The minimum atomic E-state index is -2.04. The fraction of sp³-hybridized carbons (Fsp3) is 0.667. The Morgan fingerprint density at radius 3 is 2.27 bits per heavy atom. The molecule has 2 unspecified atom stereocenters. The number of aldehydes is 1. The molecule has 1 fully saturated rings. The van der Waals surface area contributed by atoms with E-state index in [0.717, 1.165) is 11.8 Å². The number of aryl methyl sites for hydroxylation is 1. The number of carbonyl (C=O) groups excluding carboxylic acids is 2. The Bertz CT molecular complexity index is 736. The van der Waals surface area contributed by atoms with Crippen LogP contribution >= 0.6 is 0 Å². The molecule has 1 aromatic carbocycles. The smallest absolute Gasteiger partial charge is 0.411 e. The molecule has 168 valence electrons. The molecular formula is C24H39NO4Si. The maximum atomic E-state index is 13.1. The van der Waals surface area contributed by atoms with E-state index in [0.29, 0.717) is 25.8 Å². The van der Waals surface area contributed by atoms with Crippen LogP contribution in [0.15, 0.2) is 30.3 Å². The molecule has 6 heteroatoms. The van der Waals surface area contributed by atoms with Gasteiger partial charge in [0.25, 0.3) is 0 Å². The SMILES string of the molecule is CC(C)(C)OC(=O)N1CC(O[Si](C)(C)C(C)(C)C)CC1(C=O)CCc1ccccc1. The topological polar surface area (TPSA) is 55.8 Å². The zero-order chi connectivity index (χ0) is 22.8. The first kappa shape index (κ1) is 24.6. The summed E-state index contributed by atoms with van der Waals surface area (Å²) in [5.74, 6) is 0. The van der Waals surface area contributed by atoms with Gasteiger partial charge in [0.05, 0.1) is 12.6 Å². The maximum absolute atomic E-state index is 13.1. The number of amides is 1. The van der Waals surface area contributed by atoms with Crippen molar-refractivity contribution in [1.82, 2.24) is 4.90 Å². The number of hydrogen-bond donors (Lipinski definition) is 0. The van der Waals surface area contributed by atoms with E-state index in [1.807, 2.05) is 39.0 Å². The number of likely N-dealkylation sites (tertiary alicyclic amines) is 1. The highest BCUT2D eigenvalue weighted by Gasteiger charge is 2.51. The van der Waals surface area contributed by atoms with Gasteiger partial charge in [0, 0.05) is 6.42 Å². The molecule has 5 nitrogen and oxygen atoms in total. The van der Waals surface area contributed by atoms with Crippen LogP contribution in [0.2, 0.25) is 18.1 Å². The van der Waals surface area contributed by atoms with Gasteiger partial charge >= 0.3 is 6.09 Å². The lowest BCUT2D eigenvalue weighted by Crippen LogP contribution is -2.50. The normalized spacial score (nSPS) is 22.8. The predicted molar refractivity (Wildman–Crippen MR) is 123 cm³/mol. The van der Waals surface area contributed by atoms with Gasteiger partial charge in [-0.1, -0.05) is 51.1 Å². The molecule has 1 aliphatic rings. The largest absolute Gasteiger partial charge is 0.444 e. The van der Waals surface area contributed by atoms with Gasteiger partial charge in [-0.3, -0.25) is 4.90 Å². The number of hydrogen-bond acceptors (Lipinski definition) is 4. The predicted octanol–water partition coefficient (Wildman–Crippen LogP) is 5.59. The molecule has 0 spiro atoms. The second-order valence-electron chi connectivity index (χ2n) is 11.0. The van der Waals surface area contributed by atoms with Gasteiger partial charge in [-0.05, 0) is 57.3 Å². The molecule has 1 aromatic rings. The highest BCUT2D eigenvalue weighted by atomic mass is 28.4. The third kappa shape index (κ3) is 5.94. The van der Waals surface area contributed by atoms with Crippen LogP contribution in [-0.2, 0) is 20.4 Å². The molecule has 0 bridgehead atoms. The van der Waals surface area contributed by atoms with Crippen LogP contribution < -0.4 is 0 Å². The number of nitrogens with zero attached hydrogens (tertiary/aromatic N) is 1. The summed E-state index contributed by atoms with van der Waals surface area (Å²) in [6.07, 6.45) is 2.11. The third-order valence-corrected chi connectivity index (χ3v) is 10.8. The van der Waals surface area contributed by atoms with Gasteiger partial charge in [0.15, 0.2) is 8.32 Å². The van der Waals surface area contributed by atoms with Crippen molar-refractivity contribution in [2.24, 2.45) is 0 Å². The number of carbonyl (C=O) groups is 2. The summed E-state index contributed by atoms with van der Waals surface area (Å²) in [4.78, 5) is 27.1. The van der Waals surface area contributed by atoms with Crippen LogP contribution in [0.4, 0.5) is 4.79 Å². The molecule has 0 radical (unpaired) electrons. The molecule has 1 saturated heterocycles. The van der Waals surface area contributed by atoms with Crippen LogP contribution in [0.5, 0.6) is 0 Å². The van der Waals surface area contributed by atoms with Crippen molar-refractivity contribution < 1.29 is 18.8 Å². The lowest BCUT2D eigenvalue weighted by Gasteiger charge is -2.38. The molecule has 1 aliphatic heterocycles. The van der Waals surface area contributed by atoms with E-state index in [9.17, 15) is 9.59 Å². The van der Waals surface area contributed by atoms with Crippen molar-refractivity contribution in [3.05, 3.63) is 35.9 Å². The first-order valence-electron chi connectivity index (χ1n) is 10.9. The Morgan fingerprint density at radius 1 is 1.17 bits per heavy atom. The minimum absolute atomic E-state index is 0.0558. The number of rotatable bonds is 6. The van der Waals surface area contributed by atoms with Gasteiger partial charge in [0.2, 0.25) is 0 Å². The molecule has 1 heterocycles. The first-order chi connectivity index (χ1) is 13.7. The summed E-state index contributed by atoms with van der Waals surface area (Å²) < 4.78 is 12.3. The summed E-state index contributed by atoms with van der Waals surface area (Å²) in [5.41, 5.74) is -0.383. The minimum Gasteiger partial charge on any atom is -0.444 e. The van der Waals surface area contributed by atoms with Crippen molar-refractivity contribution in [3.63, 3.8) is 0 Å². The Hall–Kier alpha value is -1.66. The number of ether oxygens (including phenoxy) is 1. The molecule has 30 heavy (non-hydrogen) atoms. The quantitative estimate of drug-likeness (QED) is 0.433. The monoisotopic (exact) mass is 433 g/mol. The molecule has 0 N–H and O–H groups in total. The van der Waals surface area contributed by atoms with E-state index in [4.69, 9.17) is 9.16 Å². The summed E-state index contributed by atoms with van der Waals surface area (Å²) in [6, 6.07) is 10.1. The van der Waals surface area contributed by atoms with Crippen molar-refractivity contribution >= 4 is 20.7 Å². The van der Waals surface area contributed by atoms with E-state index < -0.39 is 25.6 Å². The fourth-order valence-corrected chi connectivity index (χ4v) is 4.96. The van der Waals surface area contributed by atoms with E-state index in [1.54, 1.807) is 4.90 Å². The summed E-state index contributed by atoms with van der Waals surface area (Å²) in [6.45, 7) is 16.9. The molecule has 2 atom stereocenters. The van der Waals surface area contributed by atoms with E-state index in [2.05, 4.69) is 46.0 Å². The third-order valence-electron chi connectivity index (χ3n) is 6.30.